The van der Waals surface area contributed by atoms with Crippen LogP contribution in [-0.2, 0) is 4.79 Å². The average molecular weight is 294 g/mol. The van der Waals surface area contributed by atoms with Crippen molar-refractivity contribution in [1.82, 2.24) is 10.2 Å². The van der Waals surface area contributed by atoms with E-state index in [1.54, 1.807) is 0 Å². The molecule has 0 radical (unpaired) electrons. The van der Waals surface area contributed by atoms with Crippen molar-refractivity contribution in [2.75, 3.05) is 13.1 Å². The molecule has 1 atom stereocenters. The minimum absolute atomic E-state index is 0.0534. The highest BCUT2D eigenvalue weighted by Crippen LogP contribution is 2.31. The molecule has 2 N–H and O–H groups in total. The predicted octanol–water partition coefficient (Wildman–Crippen LogP) is 2.20. The van der Waals surface area contributed by atoms with Crippen LogP contribution in [0.2, 0.25) is 0 Å². The molecule has 0 spiro atoms. The summed E-state index contributed by atoms with van der Waals surface area (Å²) in [6.07, 6.45) is 11.7. The molecule has 1 saturated heterocycles. The molecule has 1 aliphatic heterocycles. The zero-order valence-electron chi connectivity index (χ0n) is 13.1. The number of rotatable bonds is 4. The van der Waals surface area contributed by atoms with Gasteiger partial charge >= 0.3 is 0 Å². The quantitative estimate of drug-likeness (QED) is 0.836. The van der Waals surface area contributed by atoms with Gasteiger partial charge in [0.1, 0.15) is 0 Å². The molecule has 1 heterocycles. The molecule has 0 aromatic carbocycles. The van der Waals surface area contributed by atoms with Crippen LogP contribution in [0.15, 0.2) is 0 Å². The van der Waals surface area contributed by atoms with E-state index >= 15 is 0 Å². The zero-order valence-corrected chi connectivity index (χ0v) is 13.1. The van der Waals surface area contributed by atoms with Gasteiger partial charge in [0.05, 0.1) is 12.0 Å². The summed E-state index contributed by atoms with van der Waals surface area (Å²) in [4.78, 5) is 14.8. The van der Waals surface area contributed by atoms with Gasteiger partial charge in [0.15, 0.2) is 0 Å². The van der Waals surface area contributed by atoms with E-state index in [1.165, 1.54) is 32.1 Å². The highest BCUT2D eigenvalue weighted by Gasteiger charge is 2.34. The van der Waals surface area contributed by atoms with Gasteiger partial charge in [-0.05, 0) is 32.1 Å². The summed E-state index contributed by atoms with van der Waals surface area (Å²) in [6.45, 7) is 2.13. The first kappa shape index (κ1) is 15.3. The molecule has 2 aliphatic carbocycles. The second-order valence-corrected chi connectivity index (χ2v) is 7.45. The van der Waals surface area contributed by atoms with E-state index in [0.29, 0.717) is 12.5 Å². The highest BCUT2D eigenvalue weighted by molar-refractivity contribution is 5.77. The maximum absolute atomic E-state index is 12.2. The lowest BCUT2D eigenvalue weighted by Gasteiger charge is -2.31. The number of nitrogens with one attached hydrogen (secondary N) is 1. The topological polar surface area (TPSA) is 52.6 Å². The van der Waals surface area contributed by atoms with E-state index in [0.717, 1.165) is 51.2 Å². The van der Waals surface area contributed by atoms with Crippen LogP contribution >= 0.6 is 0 Å². The minimum Gasteiger partial charge on any atom is -0.389 e. The van der Waals surface area contributed by atoms with Crippen molar-refractivity contribution in [3.8, 4) is 0 Å². The summed E-state index contributed by atoms with van der Waals surface area (Å²) < 4.78 is 0. The van der Waals surface area contributed by atoms with Gasteiger partial charge in [-0.25, -0.2) is 0 Å². The van der Waals surface area contributed by atoms with Crippen molar-refractivity contribution in [3.05, 3.63) is 0 Å². The van der Waals surface area contributed by atoms with E-state index in [1.807, 2.05) is 0 Å². The van der Waals surface area contributed by atoms with Gasteiger partial charge in [0.2, 0.25) is 5.91 Å². The molecule has 1 amide bonds. The van der Waals surface area contributed by atoms with Crippen molar-refractivity contribution in [2.24, 2.45) is 0 Å². The van der Waals surface area contributed by atoms with Crippen molar-refractivity contribution >= 4 is 5.91 Å². The third-order valence-electron chi connectivity index (χ3n) is 5.70. The summed E-state index contributed by atoms with van der Waals surface area (Å²) >= 11 is 0. The monoisotopic (exact) mass is 294 g/mol. The number of carbonyl (C=O) groups is 1. The Hall–Kier alpha value is -0.610. The van der Waals surface area contributed by atoms with Gasteiger partial charge in [0, 0.05) is 25.2 Å². The molecule has 4 nitrogen and oxygen atoms in total. The number of amides is 1. The summed E-state index contributed by atoms with van der Waals surface area (Å²) in [7, 11) is 0. The van der Waals surface area contributed by atoms with Crippen LogP contribution in [0, 0.1) is 0 Å². The Labute approximate surface area is 128 Å². The fourth-order valence-electron chi connectivity index (χ4n) is 4.47. The van der Waals surface area contributed by atoms with E-state index in [-0.39, 0.29) is 5.91 Å². The fourth-order valence-corrected chi connectivity index (χ4v) is 4.47. The molecular weight excluding hydrogens is 264 g/mol. The maximum Gasteiger partial charge on any atom is 0.223 e. The molecule has 3 rings (SSSR count). The van der Waals surface area contributed by atoms with Gasteiger partial charge in [0.25, 0.3) is 0 Å². The largest absolute Gasteiger partial charge is 0.389 e. The smallest absolute Gasteiger partial charge is 0.223 e. The Morgan fingerprint density at radius 3 is 2.52 bits per heavy atom. The Kier molecular flexibility index (Phi) is 4.85. The maximum atomic E-state index is 12.2. The third-order valence-corrected chi connectivity index (χ3v) is 5.70. The van der Waals surface area contributed by atoms with Crippen LogP contribution in [0.5, 0.6) is 0 Å². The summed E-state index contributed by atoms with van der Waals surface area (Å²) in [5, 5.41) is 13.6. The van der Waals surface area contributed by atoms with Crippen LogP contribution in [0.1, 0.15) is 70.6 Å². The minimum atomic E-state index is -0.730. The molecule has 2 saturated carbocycles. The van der Waals surface area contributed by atoms with Crippen LogP contribution in [0.25, 0.3) is 0 Å². The Balaban J connectivity index is 1.43. The SMILES string of the molecule is O=C(CC1(O)CCCCC1)NC1CCN(C2CCCC2)C1. The van der Waals surface area contributed by atoms with Crippen molar-refractivity contribution in [1.29, 1.82) is 0 Å². The van der Waals surface area contributed by atoms with E-state index < -0.39 is 5.60 Å². The van der Waals surface area contributed by atoms with Gasteiger partial charge in [-0.1, -0.05) is 32.1 Å². The number of nitrogens with zero attached hydrogens (tertiary/aromatic N) is 1. The molecule has 3 aliphatic rings. The van der Waals surface area contributed by atoms with E-state index in [9.17, 15) is 9.90 Å². The lowest BCUT2D eigenvalue weighted by molar-refractivity contribution is -0.128. The Morgan fingerprint density at radius 1 is 1.10 bits per heavy atom. The molecule has 120 valence electrons. The lowest BCUT2D eigenvalue weighted by atomic mass is 9.82. The highest BCUT2D eigenvalue weighted by atomic mass is 16.3. The fraction of sp³-hybridized carbons (Fsp3) is 0.941. The number of carbonyl (C=O) groups excluding carboxylic acids is 1. The van der Waals surface area contributed by atoms with Gasteiger partial charge in [-0.3, -0.25) is 9.69 Å². The lowest BCUT2D eigenvalue weighted by Crippen LogP contribution is -2.43. The standard InChI is InChI=1S/C17H30N2O2/c20-16(12-17(21)9-4-1-5-10-17)18-14-8-11-19(13-14)15-6-2-3-7-15/h14-15,21H,1-13H2,(H,18,20). The number of hydrogen-bond donors (Lipinski definition) is 2. The molecule has 3 fully saturated rings. The van der Waals surface area contributed by atoms with Crippen LogP contribution in [-0.4, -0.2) is 46.7 Å². The first-order valence-electron chi connectivity index (χ1n) is 8.90. The van der Waals surface area contributed by atoms with Crippen molar-refractivity contribution in [2.45, 2.75) is 88.3 Å². The third kappa shape index (κ3) is 3.98. The summed E-state index contributed by atoms with van der Waals surface area (Å²) in [5.74, 6) is 0.0534. The Morgan fingerprint density at radius 2 is 1.81 bits per heavy atom. The summed E-state index contributed by atoms with van der Waals surface area (Å²) in [5.41, 5.74) is -0.730. The van der Waals surface area contributed by atoms with Crippen LogP contribution < -0.4 is 5.32 Å². The molecule has 0 bridgehead atoms. The number of likely N-dealkylation sites (tertiary alicyclic amines) is 1. The molecule has 1 unspecified atom stereocenters. The first-order chi connectivity index (χ1) is 10.1. The first-order valence-corrected chi connectivity index (χ1v) is 8.90. The second-order valence-electron chi connectivity index (χ2n) is 7.45. The van der Waals surface area contributed by atoms with Gasteiger partial charge in [-0.2, -0.15) is 0 Å². The average Bonchev–Trinajstić information content (AvgIpc) is 3.08. The van der Waals surface area contributed by atoms with Gasteiger partial charge in [-0.15, -0.1) is 0 Å². The van der Waals surface area contributed by atoms with Crippen LogP contribution in [0.3, 0.4) is 0 Å². The van der Waals surface area contributed by atoms with Gasteiger partial charge < -0.3 is 10.4 Å². The van der Waals surface area contributed by atoms with E-state index in [4.69, 9.17) is 0 Å². The molecule has 0 aromatic heterocycles. The van der Waals surface area contributed by atoms with Crippen LogP contribution in [0.4, 0.5) is 0 Å². The predicted molar refractivity (Wildman–Crippen MR) is 83.0 cm³/mol. The van der Waals surface area contributed by atoms with Crippen molar-refractivity contribution in [3.63, 3.8) is 0 Å². The van der Waals surface area contributed by atoms with E-state index in [2.05, 4.69) is 10.2 Å². The molecule has 21 heavy (non-hydrogen) atoms. The molecule has 4 heteroatoms. The molecule has 0 aromatic rings. The normalized spacial score (nSPS) is 30.6. The number of aliphatic hydroxyl groups is 1. The summed E-state index contributed by atoms with van der Waals surface area (Å²) in [6, 6.07) is 1.06. The number of hydrogen-bond acceptors (Lipinski definition) is 3. The second kappa shape index (κ2) is 6.66. The Bertz CT molecular complexity index is 360. The zero-order chi connectivity index (χ0) is 14.7. The molecular formula is C17H30N2O2. The van der Waals surface area contributed by atoms with Crippen molar-refractivity contribution < 1.29 is 9.90 Å².